The van der Waals surface area contributed by atoms with E-state index >= 15 is 0 Å². The maximum atomic E-state index is 12.2. The average Bonchev–Trinajstić information content (AvgIpc) is 2.48. The molecular formula is C16H17NO4S. The zero-order chi connectivity index (χ0) is 16.3. The zero-order valence-corrected chi connectivity index (χ0v) is 13.1. The van der Waals surface area contributed by atoms with Crippen LogP contribution in [0.1, 0.15) is 28.4 Å². The molecule has 0 aliphatic carbocycles. The van der Waals surface area contributed by atoms with Gasteiger partial charge in [0.1, 0.15) is 0 Å². The number of nitrogens with one attached hydrogen (secondary N) is 1. The second-order valence-corrected chi connectivity index (χ2v) is 6.38. The van der Waals surface area contributed by atoms with E-state index in [1.54, 1.807) is 19.1 Å². The molecule has 0 aliphatic rings. The highest BCUT2D eigenvalue weighted by Crippen LogP contribution is 2.20. The SMILES string of the molecule is CCc1ccc(C(=O)Nc2ccc(S(=O)(=O)O)cc2C)cc1. The van der Waals surface area contributed by atoms with Crippen molar-refractivity contribution >= 4 is 21.7 Å². The van der Waals surface area contributed by atoms with E-state index in [4.69, 9.17) is 4.55 Å². The fourth-order valence-corrected chi connectivity index (χ4v) is 2.59. The van der Waals surface area contributed by atoms with Crippen molar-refractivity contribution in [2.24, 2.45) is 0 Å². The predicted octanol–water partition coefficient (Wildman–Crippen LogP) is 3.06. The van der Waals surface area contributed by atoms with Gasteiger partial charge < -0.3 is 5.32 Å². The number of amides is 1. The molecule has 0 unspecified atom stereocenters. The summed E-state index contributed by atoms with van der Waals surface area (Å²) in [4.78, 5) is 12.0. The van der Waals surface area contributed by atoms with Crippen LogP contribution >= 0.6 is 0 Å². The Hall–Kier alpha value is -2.18. The van der Waals surface area contributed by atoms with Crippen LogP contribution in [0.3, 0.4) is 0 Å². The maximum Gasteiger partial charge on any atom is 0.294 e. The fourth-order valence-electron chi connectivity index (χ4n) is 2.02. The van der Waals surface area contributed by atoms with Gasteiger partial charge in [-0.2, -0.15) is 8.42 Å². The predicted molar refractivity (Wildman–Crippen MR) is 84.8 cm³/mol. The Morgan fingerprint density at radius 2 is 1.77 bits per heavy atom. The van der Waals surface area contributed by atoms with Crippen molar-refractivity contribution in [2.75, 3.05) is 5.32 Å². The summed E-state index contributed by atoms with van der Waals surface area (Å²) in [6, 6.07) is 11.3. The van der Waals surface area contributed by atoms with Gasteiger partial charge in [0.25, 0.3) is 16.0 Å². The first-order valence-electron chi connectivity index (χ1n) is 6.79. The Morgan fingerprint density at radius 3 is 2.27 bits per heavy atom. The van der Waals surface area contributed by atoms with Crippen LogP contribution in [0.15, 0.2) is 47.4 Å². The van der Waals surface area contributed by atoms with Gasteiger partial charge in [0.2, 0.25) is 0 Å². The largest absolute Gasteiger partial charge is 0.322 e. The number of carbonyl (C=O) groups is 1. The molecule has 0 atom stereocenters. The van der Waals surface area contributed by atoms with E-state index in [0.29, 0.717) is 16.8 Å². The molecular weight excluding hydrogens is 302 g/mol. The summed E-state index contributed by atoms with van der Waals surface area (Å²) >= 11 is 0. The summed E-state index contributed by atoms with van der Waals surface area (Å²) in [5, 5.41) is 2.73. The lowest BCUT2D eigenvalue weighted by atomic mass is 10.1. The quantitative estimate of drug-likeness (QED) is 0.848. The summed E-state index contributed by atoms with van der Waals surface area (Å²) in [6.45, 7) is 3.69. The zero-order valence-electron chi connectivity index (χ0n) is 12.3. The highest BCUT2D eigenvalue weighted by atomic mass is 32.2. The van der Waals surface area contributed by atoms with Crippen LogP contribution in [0.25, 0.3) is 0 Å². The molecule has 2 rings (SSSR count). The van der Waals surface area contributed by atoms with Crippen molar-refractivity contribution < 1.29 is 17.8 Å². The molecule has 0 aliphatic heterocycles. The van der Waals surface area contributed by atoms with Crippen LogP contribution in [-0.2, 0) is 16.5 Å². The number of anilines is 1. The van der Waals surface area contributed by atoms with E-state index in [9.17, 15) is 13.2 Å². The molecule has 1 amide bonds. The molecule has 0 aromatic heterocycles. The Labute approximate surface area is 129 Å². The fraction of sp³-hybridized carbons (Fsp3) is 0.188. The van der Waals surface area contributed by atoms with Crippen LogP contribution in [0.2, 0.25) is 0 Å². The summed E-state index contributed by atoms with van der Waals surface area (Å²) in [7, 11) is -4.24. The van der Waals surface area contributed by atoms with Crippen LogP contribution < -0.4 is 5.32 Å². The molecule has 116 valence electrons. The Balaban J connectivity index is 2.21. The van der Waals surface area contributed by atoms with Gasteiger partial charge in [-0.05, 0) is 54.8 Å². The standard InChI is InChI=1S/C16H17NO4S/c1-3-12-4-6-13(7-5-12)16(18)17-15-9-8-14(10-11(15)2)22(19,20)21/h4-10H,3H2,1-2H3,(H,17,18)(H,19,20,21). The highest BCUT2D eigenvalue weighted by Gasteiger charge is 2.13. The third-order valence-corrected chi connectivity index (χ3v) is 4.22. The summed E-state index contributed by atoms with van der Waals surface area (Å²) in [5.41, 5.74) is 2.71. The second kappa shape index (κ2) is 6.29. The molecule has 0 bridgehead atoms. The Kier molecular flexibility index (Phi) is 4.63. The third kappa shape index (κ3) is 3.72. The van der Waals surface area contributed by atoms with E-state index in [1.165, 1.54) is 18.2 Å². The number of hydrogen-bond donors (Lipinski definition) is 2. The molecule has 0 spiro atoms. The molecule has 2 aromatic carbocycles. The van der Waals surface area contributed by atoms with Gasteiger partial charge in [-0.15, -0.1) is 0 Å². The molecule has 0 saturated heterocycles. The number of rotatable bonds is 4. The molecule has 2 aromatic rings. The molecule has 5 nitrogen and oxygen atoms in total. The maximum absolute atomic E-state index is 12.2. The van der Waals surface area contributed by atoms with Gasteiger partial charge in [0, 0.05) is 11.3 Å². The van der Waals surface area contributed by atoms with E-state index in [0.717, 1.165) is 12.0 Å². The van der Waals surface area contributed by atoms with Crippen LogP contribution in [-0.4, -0.2) is 18.9 Å². The number of benzene rings is 2. The van der Waals surface area contributed by atoms with Crippen molar-refractivity contribution in [3.05, 3.63) is 59.2 Å². The topological polar surface area (TPSA) is 83.5 Å². The lowest BCUT2D eigenvalue weighted by Gasteiger charge is -2.10. The smallest absolute Gasteiger partial charge is 0.294 e. The van der Waals surface area contributed by atoms with Gasteiger partial charge in [-0.3, -0.25) is 9.35 Å². The van der Waals surface area contributed by atoms with Crippen molar-refractivity contribution in [1.29, 1.82) is 0 Å². The monoisotopic (exact) mass is 319 g/mol. The van der Waals surface area contributed by atoms with Crippen molar-refractivity contribution in [3.8, 4) is 0 Å². The van der Waals surface area contributed by atoms with E-state index in [-0.39, 0.29) is 10.8 Å². The molecule has 0 saturated carbocycles. The van der Waals surface area contributed by atoms with Crippen LogP contribution in [0.5, 0.6) is 0 Å². The summed E-state index contributed by atoms with van der Waals surface area (Å²) in [5.74, 6) is -0.273. The van der Waals surface area contributed by atoms with Crippen LogP contribution in [0, 0.1) is 6.92 Å². The molecule has 6 heteroatoms. The second-order valence-electron chi connectivity index (χ2n) is 4.96. The normalized spacial score (nSPS) is 11.2. The molecule has 0 heterocycles. The minimum Gasteiger partial charge on any atom is -0.322 e. The molecule has 0 fully saturated rings. The van der Waals surface area contributed by atoms with Gasteiger partial charge in [0.15, 0.2) is 0 Å². The van der Waals surface area contributed by atoms with Crippen molar-refractivity contribution in [3.63, 3.8) is 0 Å². The van der Waals surface area contributed by atoms with Crippen LogP contribution in [0.4, 0.5) is 5.69 Å². The molecule has 2 N–H and O–H groups in total. The average molecular weight is 319 g/mol. The van der Waals surface area contributed by atoms with Crippen molar-refractivity contribution in [1.82, 2.24) is 0 Å². The van der Waals surface area contributed by atoms with E-state index < -0.39 is 10.1 Å². The number of carbonyl (C=O) groups excluding carboxylic acids is 1. The summed E-state index contributed by atoms with van der Waals surface area (Å²) in [6.07, 6.45) is 0.901. The molecule has 22 heavy (non-hydrogen) atoms. The van der Waals surface area contributed by atoms with E-state index in [1.807, 2.05) is 19.1 Å². The Bertz CT molecular complexity index is 795. The summed E-state index contributed by atoms with van der Waals surface area (Å²) < 4.78 is 31.1. The minimum atomic E-state index is -4.24. The highest BCUT2D eigenvalue weighted by molar-refractivity contribution is 7.85. The first kappa shape index (κ1) is 16.2. The third-order valence-electron chi connectivity index (χ3n) is 3.37. The van der Waals surface area contributed by atoms with Gasteiger partial charge >= 0.3 is 0 Å². The first-order valence-corrected chi connectivity index (χ1v) is 8.23. The Morgan fingerprint density at radius 1 is 1.14 bits per heavy atom. The van der Waals surface area contributed by atoms with Gasteiger partial charge in [0.05, 0.1) is 4.90 Å². The first-order chi connectivity index (χ1) is 10.3. The van der Waals surface area contributed by atoms with Gasteiger partial charge in [-0.25, -0.2) is 0 Å². The minimum absolute atomic E-state index is 0.199. The van der Waals surface area contributed by atoms with Gasteiger partial charge in [-0.1, -0.05) is 19.1 Å². The number of aryl methyl sites for hydroxylation is 2. The van der Waals surface area contributed by atoms with Crippen molar-refractivity contribution in [2.45, 2.75) is 25.2 Å². The van der Waals surface area contributed by atoms with E-state index in [2.05, 4.69) is 5.32 Å². The molecule has 0 radical (unpaired) electrons. The lowest BCUT2D eigenvalue weighted by molar-refractivity contribution is 0.102. The number of hydrogen-bond acceptors (Lipinski definition) is 3. The lowest BCUT2D eigenvalue weighted by Crippen LogP contribution is -2.13.